The number of halogens is 1. The zero-order chi connectivity index (χ0) is 52.7. The fourth-order valence-corrected chi connectivity index (χ4v) is 18.5. The first kappa shape index (κ1) is 63.6. The second kappa shape index (κ2) is 25.3. The summed E-state index contributed by atoms with van der Waals surface area (Å²) in [6, 6.07) is 0. The molecule has 12 heteroatoms. The number of fused-ring (bicyclic) bond motifs is 10. The molecule has 10 nitrogen and oxygen atoms in total. The van der Waals surface area contributed by atoms with Crippen LogP contribution in [0.25, 0.3) is 0 Å². The van der Waals surface area contributed by atoms with Crippen molar-refractivity contribution < 1.29 is 66.6 Å². The van der Waals surface area contributed by atoms with Gasteiger partial charge >= 0.3 is 23.5 Å². The molecule has 0 bridgehead atoms. The van der Waals surface area contributed by atoms with Crippen LogP contribution < -0.4 is 0 Å². The van der Waals surface area contributed by atoms with Crippen LogP contribution in [0, 0.1) is 128 Å². The smallest absolute Gasteiger partial charge is 0.481 e. The number of carbonyl (C=O) groups is 6. The molecule has 1 radical (unpaired) electrons. The third-order valence-corrected chi connectivity index (χ3v) is 22.3. The molecule has 8 saturated carbocycles. The fourth-order valence-electron chi connectivity index (χ4n) is 18.4. The van der Waals surface area contributed by atoms with Crippen molar-refractivity contribution in [2.75, 3.05) is 13.2 Å². The molecular weight excluding hydrogens is 979 g/mol. The first-order valence-corrected chi connectivity index (χ1v) is 29.1. The van der Waals surface area contributed by atoms with Crippen LogP contribution in [0.1, 0.15) is 207 Å². The molecule has 0 spiro atoms. The molecule has 0 aromatic heterocycles. The SMILES string of the molecule is C.CC(C)COC(=O)Cl.CC[C@H]1C(=O)[C@@H]2[C@H](CC[C@]3(C)[C@@H]([C@H](C)C(=O)O)CC[C@@H]23)[C@@]2(C)CC[C@@H](C)C[C@@H]12.CC[C@H]1C(=O)[C@@H]2[C@H](CC[C@]3(C)[C@@H]([C@H](C)C(=O)OC(=O)OCC(C)C)CC[C@@H]23)[C@@]2(C)CC[C@@H](C)C[C@@H]12.[V]. The van der Waals surface area contributed by atoms with Crippen molar-refractivity contribution in [3.8, 4) is 0 Å². The number of hydrogen-bond acceptors (Lipinski definition) is 9. The first-order chi connectivity index (χ1) is 33.2. The number of carbonyl (C=O) groups excluding carboxylic acids is 5. The van der Waals surface area contributed by atoms with E-state index in [9.17, 15) is 33.9 Å². The van der Waals surface area contributed by atoms with Crippen LogP contribution in [-0.2, 0) is 51.9 Å². The number of aliphatic carboxylic acids is 1. The second-order valence-corrected chi connectivity index (χ2v) is 27.3. The van der Waals surface area contributed by atoms with Gasteiger partial charge in [-0.1, -0.05) is 117 Å². The number of esters is 1. The fraction of sp³-hybridized carbons (Fsp3) is 0.902. The van der Waals surface area contributed by atoms with Gasteiger partial charge in [-0.15, -0.1) is 0 Å². The maximum atomic E-state index is 14.1. The van der Waals surface area contributed by atoms with E-state index in [0.29, 0.717) is 65.0 Å². The van der Waals surface area contributed by atoms with Gasteiger partial charge in [0.15, 0.2) is 0 Å². The summed E-state index contributed by atoms with van der Waals surface area (Å²) in [4.78, 5) is 74.6. The van der Waals surface area contributed by atoms with Crippen molar-refractivity contribution in [1.82, 2.24) is 0 Å². The van der Waals surface area contributed by atoms with E-state index in [-0.39, 0.29) is 102 Å². The summed E-state index contributed by atoms with van der Waals surface area (Å²) in [7, 11) is 0. The van der Waals surface area contributed by atoms with Gasteiger partial charge < -0.3 is 19.3 Å². The number of carboxylic acid groups (broad SMARTS) is 1. The van der Waals surface area contributed by atoms with Crippen molar-refractivity contribution in [1.29, 1.82) is 0 Å². The van der Waals surface area contributed by atoms with Crippen LogP contribution in [0.4, 0.5) is 9.59 Å². The van der Waals surface area contributed by atoms with Gasteiger partial charge in [0.2, 0.25) is 0 Å². The molecule has 73 heavy (non-hydrogen) atoms. The molecule has 0 aromatic rings. The maximum absolute atomic E-state index is 14.1. The van der Waals surface area contributed by atoms with Crippen LogP contribution in [0.3, 0.4) is 0 Å². The molecule has 0 aromatic carbocycles. The minimum absolute atomic E-state index is 0. The third kappa shape index (κ3) is 12.4. The van der Waals surface area contributed by atoms with Gasteiger partial charge in [0, 0.05) is 53.8 Å². The van der Waals surface area contributed by atoms with E-state index in [1.54, 1.807) is 0 Å². The van der Waals surface area contributed by atoms with E-state index < -0.39 is 23.5 Å². The van der Waals surface area contributed by atoms with Gasteiger partial charge in [-0.3, -0.25) is 19.2 Å². The Bertz CT molecular complexity index is 1940. The predicted octanol–water partition coefficient (Wildman–Crippen LogP) is 15.5. The summed E-state index contributed by atoms with van der Waals surface area (Å²) >= 11 is 4.86. The van der Waals surface area contributed by atoms with E-state index in [1.165, 1.54) is 38.5 Å². The van der Waals surface area contributed by atoms with Crippen LogP contribution in [-0.4, -0.2) is 53.4 Å². The molecule has 20 atom stereocenters. The van der Waals surface area contributed by atoms with E-state index >= 15 is 0 Å². The zero-order valence-corrected chi connectivity index (χ0v) is 49.2. The van der Waals surface area contributed by atoms with Crippen molar-refractivity contribution in [2.45, 2.75) is 207 Å². The average molecular weight is 1080 g/mol. The van der Waals surface area contributed by atoms with Gasteiger partial charge in [-0.25, -0.2) is 9.59 Å². The topological polar surface area (TPSA) is 150 Å². The number of rotatable bonds is 10. The molecule has 8 fully saturated rings. The summed E-state index contributed by atoms with van der Waals surface area (Å²) in [6.45, 7) is 31.1. The van der Waals surface area contributed by atoms with Crippen LogP contribution in [0.15, 0.2) is 0 Å². The molecule has 8 rings (SSSR count). The quantitative estimate of drug-likeness (QED) is 0.127. The van der Waals surface area contributed by atoms with E-state index in [1.807, 2.05) is 41.5 Å². The Morgan fingerprint density at radius 1 is 0.575 bits per heavy atom. The van der Waals surface area contributed by atoms with Crippen LogP contribution >= 0.6 is 11.6 Å². The van der Waals surface area contributed by atoms with E-state index in [0.717, 1.165) is 76.0 Å². The number of ether oxygens (including phenoxy) is 3. The van der Waals surface area contributed by atoms with Crippen molar-refractivity contribution in [3.63, 3.8) is 0 Å². The molecule has 417 valence electrons. The van der Waals surface area contributed by atoms with Gasteiger partial charge in [0.05, 0.1) is 25.0 Å². The van der Waals surface area contributed by atoms with Gasteiger partial charge in [-0.05, 0) is 183 Å². The molecule has 1 N–H and O–H groups in total. The summed E-state index contributed by atoms with van der Waals surface area (Å²) in [6.07, 6.45) is 16.9. The van der Waals surface area contributed by atoms with Crippen molar-refractivity contribution >= 4 is 46.7 Å². The molecule has 0 amide bonds. The third-order valence-electron chi connectivity index (χ3n) is 22.2. The molecule has 0 saturated heterocycles. The molecular formula is C61H101ClO10V. The molecule has 0 heterocycles. The first-order valence-electron chi connectivity index (χ1n) is 28.7. The van der Waals surface area contributed by atoms with E-state index in [2.05, 4.69) is 60.1 Å². The van der Waals surface area contributed by atoms with Crippen LogP contribution in [0.2, 0.25) is 0 Å². The Morgan fingerprint density at radius 3 is 1.30 bits per heavy atom. The largest absolute Gasteiger partial charge is 0.516 e. The number of carboxylic acids is 1. The Balaban J connectivity index is 0.000000273. The molecule has 8 aliphatic rings. The van der Waals surface area contributed by atoms with Gasteiger partial charge in [-0.2, -0.15) is 0 Å². The number of Topliss-reactive ketones (excluding diaryl/α,β-unsaturated/α-hetero) is 2. The second-order valence-electron chi connectivity index (χ2n) is 27.0. The maximum Gasteiger partial charge on any atom is 0.516 e. The normalized spacial score (nSPS) is 41.8. The minimum Gasteiger partial charge on any atom is -0.481 e. The summed E-state index contributed by atoms with van der Waals surface area (Å²) in [5, 5.41) is 9.66. The predicted molar refractivity (Wildman–Crippen MR) is 285 cm³/mol. The Hall–Kier alpha value is -1.91. The molecule has 0 unspecified atom stereocenters. The summed E-state index contributed by atoms with van der Waals surface area (Å²) in [5.41, 5.74) is -0.198. The monoisotopic (exact) mass is 1080 g/mol. The Kier molecular flexibility index (Phi) is 22.0. The summed E-state index contributed by atoms with van der Waals surface area (Å²) < 4.78 is 14.6. The van der Waals surface area contributed by atoms with Gasteiger partial charge in [0.1, 0.15) is 11.6 Å². The van der Waals surface area contributed by atoms with Crippen molar-refractivity contribution in [3.05, 3.63) is 0 Å². The molecule has 8 aliphatic carbocycles. The number of hydrogen-bond donors (Lipinski definition) is 1. The zero-order valence-electron chi connectivity index (χ0n) is 47.1. The standard InChI is InChI=1S/C30H48O5.C25H40O3.C5H9ClO2.CH4.V/c1-8-20-24-15-18(4)11-13-30(24,7)23-12-14-29(6)21(9-10-22(29)25(23)26(20)31)19(5)27(32)35-28(33)34-16-17(2)3;1-6-16-20-13-14(2)9-11-25(20,5)19-10-12-24(4)17(15(3)23(27)28)7-8-18(24)21(19)22(16)26;1-4(2)3-8-5(6)7;;/h17-25H,8-16H2,1-7H3;14-21H,6-13H2,1-5H3,(H,27,28);4H,3H2,1-2H3;1H4;/t18-,19+,20-,21-,22+,23+,24+,25+,29-,30-;14-,15+,16-,17-,18+,19+,20+,21+,24-,25-;;;/m11.../s1. The molecule has 0 aliphatic heterocycles. The van der Waals surface area contributed by atoms with Crippen LogP contribution in [0.5, 0.6) is 0 Å². The Morgan fingerprint density at radius 2 is 0.945 bits per heavy atom. The van der Waals surface area contributed by atoms with E-state index in [4.69, 9.17) is 21.1 Å². The average Bonchev–Trinajstić information content (AvgIpc) is 3.85. The Labute approximate surface area is 459 Å². The van der Waals surface area contributed by atoms with Gasteiger partial charge in [0.25, 0.3) is 0 Å². The minimum atomic E-state index is -0.891. The van der Waals surface area contributed by atoms with Crippen molar-refractivity contribution in [2.24, 2.45) is 128 Å². The summed E-state index contributed by atoms with van der Waals surface area (Å²) in [5.74, 6) is 5.15. The number of ketones is 2.